The predicted octanol–water partition coefficient (Wildman–Crippen LogP) is 3.05. The summed E-state index contributed by atoms with van der Waals surface area (Å²) in [6.07, 6.45) is 3.24. The number of anilines is 1. The zero-order valence-electron chi connectivity index (χ0n) is 14.5. The van der Waals surface area contributed by atoms with Crippen molar-refractivity contribution in [2.45, 2.75) is 4.90 Å². The van der Waals surface area contributed by atoms with E-state index in [1.807, 2.05) is 18.4 Å². The van der Waals surface area contributed by atoms with Crippen molar-refractivity contribution in [1.29, 1.82) is 0 Å². The molecule has 0 bridgehead atoms. The Hall–Kier alpha value is -2.65. The highest BCUT2D eigenvalue weighted by atomic mass is 32.2. The highest BCUT2D eigenvalue weighted by Crippen LogP contribution is 2.26. The summed E-state index contributed by atoms with van der Waals surface area (Å²) in [4.78, 5) is 13.6. The third kappa shape index (κ3) is 4.04. The van der Waals surface area contributed by atoms with Crippen molar-refractivity contribution in [2.24, 2.45) is 4.40 Å². The molecule has 0 aromatic heterocycles. The van der Waals surface area contributed by atoms with Crippen LogP contribution in [-0.2, 0) is 15.0 Å². The summed E-state index contributed by atoms with van der Waals surface area (Å²) >= 11 is 1.46. The second-order valence-electron chi connectivity index (χ2n) is 5.61. The first-order valence-corrected chi connectivity index (χ1v) is 10.4. The van der Waals surface area contributed by atoms with E-state index < -0.39 is 21.9 Å². The number of thioether (sulfide) groups is 1. The van der Waals surface area contributed by atoms with E-state index in [1.54, 1.807) is 12.1 Å². The number of amides is 1. The molecule has 140 valence electrons. The molecule has 27 heavy (non-hydrogen) atoms. The lowest BCUT2D eigenvalue weighted by molar-refractivity contribution is -0.113. The van der Waals surface area contributed by atoms with Crippen LogP contribution in [0.1, 0.15) is 5.56 Å². The van der Waals surface area contributed by atoms with Crippen molar-refractivity contribution in [3.8, 4) is 0 Å². The van der Waals surface area contributed by atoms with Gasteiger partial charge < -0.3 is 5.32 Å². The Morgan fingerprint density at radius 2 is 1.81 bits per heavy atom. The highest BCUT2D eigenvalue weighted by Gasteiger charge is 2.30. The number of carbonyl (C=O) groups excluding carboxylic acids is 1. The Balaban J connectivity index is 1.98. The van der Waals surface area contributed by atoms with Crippen LogP contribution < -0.4 is 5.32 Å². The molecule has 1 aliphatic rings. The van der Waals surface area contributed by atoms with Gasteiger partial charge in [-0.3, -0.25) is 4.79 Å². The maximum atomic E-state index is 13.1. The van der Waals surface area contributed by atoms with Gasteiger partial charge in [0.15, 0.2) is 0 Å². The zero-order valence-corrected chi connectivity index (χ0v) is 16.1. The van der Waals surface area contributed by atoms with Crippen LogP contribution in [0.2, 0.25) is 0 Å². The number of nitrogens with one attached hydrogen (secondary N) is 1. The number of rotatable bonds is 4. The molecule has 3 rings (SSSR count). The van der Waals surface area contributed by atoms with Gasteiger partial charge in [0.1, 0.15) is 11.5 Å². The van der Waals surface area contributed by atoms with Gasteiger partial charge in [0.05, 0.1) is 11.4 Å². The molecule has 1 aliphatic heterocycles. The molecule has 0 saturated carbocycles. The van der Waals surface area contributed by atoms with Gasteiger partial charge in [-0.25, -0.2) is 8.70 Å². The number of para-hydroxylation sites is 1. The van der Waals surface area contributed by atoms with Crippen LogP contribution in [0.4, 0.5) is 10.1 Å². The molecule has 1 heterocycles. The number of hydrogen-bond acceptors (Lipinski definition) is 4. The van der Waals surface area contributed by atoms with E-state index in [9.17, 15) is 17.6 Å². The Kier molecular flexibility index (Phi) is 5.33. The number of nitrogens with zero attached hydrogens (tertiary/aromatic N) is 2. The summed E-state index contributed by atoms with van der Waals surface area (Å²) in [6.45, 7) is 0. The van der Waals surface area contributed by atoms with Crippen LogP contribution >= 0.6 is 11.8 Å². The maximum absolute atomic E-state index is 13.1. The first-order chi connectivity index (χ1) is 12.8. The summed E-state index contributed by atoms with van der Waals surface area (Å²) in [5, 5.41) is 2.73. The third-order valence-electron chi connectivity index (χ3n) is 3.90. The lowest BCUT2D eigenvalue weighted by atomic mass is 10.1. The molecule has 0 spiro atoms. The monoisotopic (exact) mass is 405 g/mol. The van der Waals surface area contributed by atoms with Gasteiger partial charge in [0.25, 0.3) is 5.91 Å². The quantitative estimate of drug-likeness (QED) is 0.793. The maximum Gasteiger partial charge on any atom is 0.345 e. The molecular formula is C18H16FN3O3S2. The molecule has 0 unspecified atom stereocenters. The zero-order chi connectivity index (χ0) is 19.6. The van der Waals surface area contributed by atoms with Crippen molar-refractivity contribution < 1.29 is 17.6 Å². The first kappa shape index (κ1) is 19.1. The summed E-state index contributed by atoms with van der Waals surface area (Å²) in [5.41, 5.74) is 0.951. The lowest BCUT2D eigenvalue weighted by Crippen LogP contribution is -2.35. The van der Waals surface area contributed by atoms with Gasteiger partial charge in [-0.15, -0.1) is 16.2 Å². The van der Waals surface area contributed by atoms with Gasteiger partial charge in [0.2, 0.25) is 0 Å². The van der Waals surface area contributed by atoms with E-state index >= 15 is 0 Å². The van der Waals surface area contributed by atoms with E-state index in [1.165, 1.54) is 49.2 Å². The SMILES string of the molecule is CSc1ccccc1NC(=O)C1=CC(c2ccc(F)cc2)=NS(=O)(=O)N1C. The molecule has 1 N–H and O–H groups in total. The molecule has 1 amide bonds. The Labute approximate surface area is 161 Å². The molecule has 0 fully saturated rings. The molecule has 6 nitrogen and oxygen atoms in total. The standard InChI is InChI=1S/C18H16FN3O3S2/c1-22-16(18(23)20-14-5-3-4-6-17(14)26-2)11-15(21-27(22,24)25)12-7-9-13(19)10-8-12/h3-11H,1-2H3,(H,20,23). The topological polar surface area (TPSA) is 78.8 Å². The second-order valence-corrected chi connectivity index (χ2v) is 8.09. The molecular weight excluding hydrogens is 389 g/mol. The number of halogens is 1. The average Bonchev–Trinajstić information content (AvgIpc) is 2.64. The normalized spacial score (nSPS) is 15.7. The average molecular weight is 405 g/mol. The van der Waals surface area contributed by atoms with Crippen LogP contribution in [-0.4, -0.2) is 37.6 Å². The molecule has 0 aliphatic carbocycles. The van der Waals surface area contributed by atoms with Crippen molar-refractivity contribution in [3.05, 3.63) is 71.7 Å². The van der Waals surface area contributed by atoms with Crippen LogP contribution in [0, 0.1) is 5.82 Å². The number of allylic oxidation sites excluding steroid dienone is 1. The largest absolute Gasteiger partial charge is 0.345 e. The van der Waals surface area contributed by atoms with E-state index in [2.05, 4.69) is 9.71 Å². The Morgan fingerprint density at radius 3 is 2.48 bits per heavy atom. The van der Waals surface area contributed by atoms with Crippen LogP contribution in [0.5, 0.6) is 0 Å². The Morgan fingerprint density at radius 1 is 1.15 bits per heavy atom. The number of likely N-dealkylation sites (N-methyl/N-ethyl adjacent to an activating group) is 1. The first-order valence-electron chi connectivity index (χ1n) is 7.82. The Bertz CT molecular complexity index is 1050. The lowest BCUT2D eigenvalue weighted by Gasteiger charge is -2.24. The van der Waals surface area contributed by atoms with E-state index in [4.69, 9.17) is 0 Å². The minimum Gasteiger partial charge on any atom is -0.320 e. The summed E-state index contributed by atoms with van der Waals surface area (Å²) < 4.78 is 42.4. The van der Waals surface area contributed by atoms with Crippen molar-refractivity contribution in [1.82, 2.24) is 4.31 Å². The van der Waals surface area contributed by atoms with Gasteiger partial charge in [0, 0.05) is 17.5 Å². The number of benzene rings is 2. The molecule has 0 atom stereocenters. The fourth-order valence-electron chi connectivity index (χ4n) is 2.46. The third-order valence-corrected chi connectivity index (χ3v) is 6.01. The van der Waals surface area contributed by atoms with Crippen LogP contribution in [0.25, 0.3) is 0 Å². The second kappa shape index (κ2) is 7.53. The fraction of sp³-hybridized carbons (Fsp3) is 0.111. The van der Waals surface area contributed by atoms with Crippen LogP contribution in [0.3, 0.4) is 0 Å². The molecule has 0 radical (unpaired) electrons. The highest BCUT2D eigenvalue weighted by molar-refractivity contribution is 7.98. The summed E-state index contributed by atoms with van der Waals surface area (Å²) in [6, 6.07) is 12.4. The van der Waals surface area contributed by atoms with Crippen molar-refractivity contribution >= 4 is 39.3 Å². The van der Waals surface area contributed by atoms with Gasteiger partial charge in [-0.05, 0) is 48.7 Å². The van der Waals surface area contributed by atoms with E-state index in [0.717, 1.165) is 9.20 Å². The van der Waals surface area contributed by atoms with Crippen molar-refractivity contribution in [2.75, 3.05) is 18.6 Å². The molecule has 0 saturated heterocycles. The van der Waals surface area contributed by atoms with Gasteiger partial charge in [-0.1, -0.05) is 12.1 Å². The molecule has 2 aromatic carbocycles. The molecule has 9 heteroatoms. The minimum atomic E-state index is -4.08. The summed E-state index contributed by atoms with van der Waals surface area (Å²) in [7, 11) is -2.82. The van der Waals surface area contributed by atoms with E-state index in [0.29, 0.717) is 11.3 Å². The summed E-state index contributed by atoms with van der Waals surface area (Å²) in [5.74, 6) is -1.04. The fourth-order valence-corrected chi connectivity index (χ4v) is 3.92. The predicted molar refractivity (Wildman–Crippen MR) is 105 cm³/mol. The van der Waals surface area contributed by atoms with Gasteiger partial charge in [-0.2, -0.15) is 8.42 Å². The van der Waals surface area contributed by atoms with E-state index in [-0.39, 0.29) is 11.4 Å². The number of carbonyl (C=O) groups is 1. The number of hydrogen-bond donors (Lipinski definition) is 1. The molecule has 2 aromatic rings. The van der Waals surface area contributed by atoms with Gasteiger partial charge >= 0.3 is 10.2 Å². The smallest absolute Gasteiger partial charge is 0.320 e. The minimum absolute atomic E-state index is 0.0661. The van der Waals surface area contributed by atoms with Crippen molar-refractivity contribution in [3.63, 3.8) is 0 Å². The van der Waals surface area contributed by atoms with Crippen LogP contribution in [0.15, 0.2) is 69.6 Å².